The summed E-state index contributed by atoms with van der Waals surface area (Å²) in [5, 5.41) is 9.80. The molecule has 0 aliphatic carbocycles. The topological polar surface area (TPSA) is 57.7 Å². The number of para-hydroxylation sites is 1. The lowest BCUT2D eigenvalue weighted by molar-refractivity contribution is 0.203. The standard InChI is InChI=1S/C14H24N4O/c1-15-14(18-11-12-19-2)17-10-6-9-16-13-7-4-3-5-8-13/h3-5,7-8,16H,6,9-12H2,1-2H3,(H2,15,17,18). The Hall–Kier alpha value is -1.75. The minimum atomic E-state index is 0.677. The van der Waals surface area contributed by atoms with Crippen molar-refractivity contribution in [3.63, 3.8) is 0 Å². The molecule has 0 fully saturated rings. The number of rotatable bonds is 8. The van der Waals surface area contributed by atoms with E-state index in [4.69, 9.17) is 4.74 Å². The first-order valence-electron chi connectivity index (χ1n) is 6.59. The van der Waals surface area contributed by atoms with Crippen molar-refractivity contribution in [1.82, 2.24) is 10.6 Å². The average molecular weight is 264 g/mol. The van der Waals surface area contributed by atoms with Crippen LogP contribution in [0.4, 0.5) is 5.69 Å². The highest BCUT2D eigenvalue weighted by Gasteiger charge is 1.95. The molecule has 0 heterocycles. The second kappa shape index (κ2) is 10.2. The fourth-order valence-corrected chi connectivity index (χ4v) is 1.58. The molecule has 0 saturated carbocycles. The van der Waals surface area contributed by atoms with Gasteiger partial charge in [0.25, 0.3) is 0 Å². The van der Waals surface area contributed by atoms with Gasteiger partial charge in [-0.05, 0) is 18.6 Å². The summed E-state index contributed by atoms with van der Waals surface area (Å²) in [6.07, 6.45) is 1.03. The molecule has 106 valence electrons. The number of nitrogens with one attached hydrogen (secondary N) is 3. The second-order valence-electron chi connectivity index (χ2n) is 4.06. The van der Waals surface area contributed by atoms with Crippen LogP contribution in [0.1, 0.15) is 6.42 Å². The third-order valence-electron chi connectivity index (χ3n) is 2.57. The molecule has 5 heteroatoms. The Kier molecular flexibility index (Phi) is 8.22. The predicted molar refractivity (Wildman–Crippen MR) is 80.8 cm³/mol. The van der Waals surface area contributed by atoms with Gasteiger partial charge < -0.3 is 20.7 Å². The van der Waals surface area contributed by atoms with E-state index in [2.05, 4.69) is 33.1 Å². The Bertz CT molecular complexity index is 354. The Balaban J connectivity index is 2.06. The van der Waals surface area contributed by atoms with Gasteiger partial charge in [0.2, 0.25) is 0 Å². The minimum Gasteiger partial charge on any atom is -0.385 e. The van der Waals surface area contributed by atoms with E-state index in [0.717, 1.165) is 37.7 Å². The lowest BCUT2D eigenvalue weighted by Gasteiger charge is -2.12. The van der Waals surface area contributed by atoms with Crippen LogP contribution in [0.25, 0.3) is 0 Å². The Morgan fingerprint density at radius 3 is 2.53 bits per heavy atom. The number of hydrogen-bond donors (Lipinski definition) is 3. The summed E-state index contributed by atoms with van der Waals surface area (Å²) in [4.78, 5) is 4.13. The highest BCUT2D eigenvalue weighted by molar-refractivity contribution is 5.79. The summed E-state index contributed by atoms with van der Waals surface area (Å²) in [5.41, 5.74) is 1.16. The Morgan fingerprint density at radius 1 is 1.11 bits per heavy atom. The molecular formula is C14H24N4O. The molecule has 0 aliphatic rings. The molecule has 0 saturated heterocycles. The van der Waals surface area contributed by atoms with Gasteiger partial charge in [-0.3, -0.25) is 4.99 Å². The monoisotopic (exact) mass is 264 g/mol. The molecule has 0 spiro atoms. The summed E-state index contributed by atoms with van der Waals surface area (Å²) in [6.45, 7) is 3.26. The molecule has 0 aromatic heterocycles. The number of ether oxygens (including phenoxy) is 1. The van der Waals surface area contributed by atoms with Crippen molar-refractivity contribution in [2.45, 2.75) is 6.42 Å². The van der Waals surface area contributed by atoms with Gasteiger partial charge in [0, 0.05) is 39.5 Å². The molecule has 19 heavy (non-hydrogen) atoms. The normalized spacial score (nSPS) is 11.2. The molecule has 1 rings (SSSR count). The number of anilines is 1. The van der Waals surface area contributed by atoms with Crippen LogP contribution in [0.5, 0.6) is 0 Å². The van der Waals surface area contributed by atoms with E-state index < -0.39 is 0 Å². The predicted octanol–water partition coefficient (Wildman–Crippen LogP) is 1.30. The van der Waals surface area contributed by atoms with Crippen molar-refractivity contribution >= 4 is 11.6 Å². The molecule has 0 amide bonds. The molecule has 1 aromatic carbocycles. The maximum Gasteiger partial charge on any atom is 0.191 e. The highest BCUT2D eigenvalue weighted by atomic mass is 16.5. The van der Waals surface area contributed by atoms with Gasteiger partial charge in [0.1, 0.15) is 0 Å². The van der Waals surface area contributed by atoms with Crippen LogP contribution in [-0.2, 0) is 4.74 Å². The van der Waals surface area contributed by atoms with Gasteiger partial charge in [-0.15, -0.1) is 0 Å². The average Bonchev–Trinajstić information content (AvgIpc) is 2.46. The van der Waals surface area contributed by atoms with Gasteiger partial charge in [-0.2, -0.15) is 0 Å². The zero-order valence-electron chi connectivity index (χ0n) is 11.8. The van der Waals surface area contributed by atoms with Crippen molar-refractivity contribution in [3.05, 3.63) is 30.3 Å². The van der Waals surface area contributed by atoms with Crippen LogP contribution in [0.3, 0.4) is 0 Å². The van der Waals surface area contributed by atoms with E-state index in [0.29, 0.717) is 6.61 Å². The summed E-state index contributed by atoms with van der Waals surface area (Å²) in [6, 6.07) is 10.2. The van der Waals surface area contributed by atoms with E-state index in [1.807, 2.05) is 18.2 Å². The molecule has 1 aromatic rings. The summed E-state index contributed by atoms with van der Waals surface area (Å²) >= 11 is 0. The summed E-state index contributed by atoms with van der Waals surface area (Å²) < 4.78 is 4.97. The van der Waals surface area contributed by atoms with Crippen LogP contribution in [-0.4, -0.2) is 46.4 Å². The maximum absolute atomic E-state index is 4.97. The molecule has 0 unspecified atom stereocenters. The van der Waals surface area contributed by atoms with Crippen molar-refractivity contribution in [3.8, 4) is 0 Å². The summed E-state index contributed by atoms with van der Waals surface area (Å²) in [5.74, 6) is 0.816. The lowest BCUT2D eigenvalue weighted by atomic mass is 10.3. The van der Waals surface area contributed by atoms with Crippen molar-refractivity contribution in [2.75, 3.05) is 45.7 Å². The third kappa shape index (κ3) is 7.31. The van der Waals surface area contributed by atoms with Crippen molar-refractivity contribution in [1.29, 1.82) is 0 Å². The fraction of sp³-hybridized carbons (Fsp3) is 0.500. The lowest BCUT2D eigenvalue weighted by Crippen LogP contribution is -2.39. The van der Waals surface area contributed by atoms with Crippen LogP contribution >= 0.6 is 0 Å². The molecular weight excluding hydrogens is 240 g/mol. The Morgan fingerprint density at radius 2 is 1.84 bits per heavy atom. The first-order valence-corrected chi connectivity index (χ1v) is 6.59. The number of aliphatic imine (C=N–C) groups is 1. The van der Waals surface area contributed by atoms with Gasteiger partial charge in [0.05, 0.1) is 6.61 Å². The minimum absolute atomic E-state index is 0.677. The number of guanidine groups is 1. The van der Waals surface area contributed by atoms with E-state index in [-0.39, 0.29) is 0 Å². The summed E-state index contributed by atoms with van der Waals surface area (Å²) in [7, 11) is 3.46. The van der Waals surface area contributed by atoms with Crippen LogP contribution in [0.15, 0.2) is 35.3 Å². The van der Waals surface area contributed by atoms with Crippen molar-refractivity contribution < 1.29 is 4.74 Å². The quantitative estimate of drug-likeness (QED) is 0.376. The molecule has 0 atom stereocenters. The zero-order valence-corrected chi connectivity index (χ0v) is 11.8. The van der Waals surface area contributed by atoms with Crippen LogP contribution in [0, 0.1) is 0 Å². The number of benzene rings is 1. The maximum atomic E-state index is 4.97. The van der Waals surface area contributed by atoms with Crippen LogP contribution in [0.2, 0.25) is 0 Å². The molecule has 0 radical (unpaired) electrons. The first kappa shape index (κ1) is 15.3. The molecule has 0 aliphatic heterocycles. The van der Waals surface area contributed by atoms with E-state index >= 15 is 0 Å². The molecule has 3 N–H and O–H groups in total. The van der Waals surface area contributed by atoms with E-state index in [1.165, 1.54) is 0 Å². The van der Waals surface area contributed by atoms with E-state index in [1.54, 1.807) is 14.2 Å². The fourth-order valence-electron chi connectivity index (χ4n) is 1.58. The molecule has 0 bridgehead atoms. The highest BCUT2D eigenvalue weighted by Crippen LogP contribution is 2.03. The number of nitrogens with zero attached hydrogens (tertiary/aromatic N) is 1. The van der Waals surface area contributed by atoms with Gasteiger partial charge >= 0.3 is 0 Å². The van der Waals surface area contributed by atoms with Gasteiger partial charge in [0.15, 0.2) is 5.96 Å². The molecule has 5 nitrogen and oxygen atoms in total. The number of hydrogen-bond acceptors (Lipinski definition) is 3. The SMILES string of the molecule is CN=C(NCCCNc1ccccc1)NCCOC. The first-order chi connectivity index (χ1) is 9.36. The van der Waals surface area contributed by atoms with Gasteiger partial charge in [-0.1, -0.05) is 18.2 Å². The third-order valence-corrected chi connectivity index (χ3v) is 2.57. The van der Waals surface area contributed by atoms with Crippen molar-refractivity contribution in [2.24, 2.45) is 4.99 Å². The Labute approximate surface area is 115 Å². The zero-order chi connectivity index (χ0) is 13.8. The van der Waals surface area contributed by atoms with Gasteiger partial charge in [-0.25, -0.2) is 0 Å². The smallest absolute Gasteiger partial charge is 0.191 e. The largest absolute Gasteiger partial charge is 0.385 e. The second-order valence-corrected chi connectivity index (χ2v) is 4.06. The number of methoxy groups -OCH3 is 1. The van der Waals surface area contributed by atoms with E-state index in [9.17, 15) is 0 Å². The van der Waals surface area contributed by atoms with Crippen LogP contribution < -0.4 is 16.0 Å².